The normalized spacial score (nSPS) is 18.4. The molecule has 14 heavy (non-hydrogen) atoms. The molecule has 6 heteroatoms. The molecule has 0 aromatic carbocycles. The lowest BCUT2D eigenvalue weighted by atomic mass is 9.91. The van der Waals surface area contributed by atoms with E-state index in [1.165, 1.54) is 11.3 Å². The highest BCUT2D eigenvalue weighted by Gasteiger charge is 2.22. The minimum atomic E-state index is -1.39. The first-order chi connectivity index (χ1) is 6.77. The van der Waals surface area contributed by atoms with Crippen molar-refractivity contribution < 1.29 is 14.8 Å². The Kier molecular flexibility index (Phi) is 3.17. The minimum absolute atomic E-state index is 0.432. The molecule has 1 saturated heterocycles. The zero-order valence-corrected chi connectivity index (χ0v) is 8.54. The van der Waals surface area contributed by atoms with Crippen LogP contribution in [0, 0.1) is 0 Å². The van der Waals surface area contributed by atoms with Gasteiger partial charge in [-0.1, -0.05) is 0 Å². The van der Waals surface area contributed by atoms with Gasteiger partial charge in [0.15, 0.2) is 0 Å². The lowest BCUT2D eigenvalue weighted by Crippen LogP contribution is -2.26. The fourth-order valence-electron chi connectivity index (χ4n) is 1.55. The summed E-state index contributed by atoms with van der Waals surface area (Å²) in [7, 11) is -1.39. The summed E-state index contributed by atoms with van der Waals surface area (Å²) in [4.78, 5) is 4.20. The standard InChI is InChI=1S/C8H12BNO3S/c11-9(12)7-5-10-8(14-7)6-1-3-13-4-2-6/h5-6,11-12H,1-4H2. The van der Waals surface area contributed by atoms with E-state index < -0.39 is 7.12 Å². The van der Waals surface area contributed by atoms with Gasteiger partial charge in [0, 0.05) is 25.3 Å². The second-order valence-corrected chi connectivity index (χ2v) is 4.45. The van der Waals surface area contributed by atoms with Crippen LogP contribution in [0.5, 0.6) is 0 Å². The fraction of sp³-hybridized carbons (Fsp3) is 0.625. The topological polar surface area (TPSA) is 62.6 Å². The number of hydrogen-bond donors (Lipinski definition) is 2. The zero-order chi connectivity index (χ0) is 9.97. The van der Waals surface area contributed by atoms with E-state index in [0.717, 1.165) is 31.1 Å². The molecule has 0 atom stereocenters. The molecule has 0 saturated carbocycles. The van der Waals surface area contributed by atoms with Crippen LogP contribution in [0.25, 0.3) is 0 Å². The van der Waals surface area contributed by atoms with Gasteiger partial charge in [0.25, 0.3) is 0 Å². The van der Waals surface area contributed by atoms with Gasteiger partial charge in [0.1, 0.15) is 0 Å². The smallest absolute Gasteiger partial charge is 0.423 e. The molecule has 1 fully saturated rings. The Bertz CT molecular complexity index is 299. The van der Waals surface area contributed by atoms with Crippen molar-refractivity contribution in [3.63, 3.8) is 0 Å². The average molecular weight is 213 g/mol. The molecule has 1 aliphatic heterocycles. The van der Waals surface area contributed by atoms with Crippen molar-refractivity contribution in [2.45, 2.75) is 18.8 Å². The molecule has 4 nitrogen and oxygen atoms in total. The van der Waals surface area contributed by atoms with E-state index in [9.17, 15) is 0 Å². The molecular weight excluding hydrogens is 201 g/mol. The third kappa shape index (κ3) is 2.14. The van der Waals surface area contributed by atoms with Gasteiger partial charge in [-0.3, -0.25) is 0 Å². The molecule has 2 heterocycles. The number of hydrogen-bond acceptors (Lipinski definition) is 5. The maximum Gasteiger partial charge on any atom is 0.500 e. The zero-order valence-electron chi connectivity index (χ0n) is 7.72. The molecular formula is C8H12BNO3S. The second-order valence-electron chi connectivity index (χ2n) is 3.36. The van der Waals surface area contributed by atoms with Crippen LogP contribution in [0.2, 0.25) is 0 Å². The Morgan fingerprint density at radius 3 is 2.71 bits per heavy atom. The van der Waals surface area contributed by atoms with Crippen LogP contribution in [0.3, 0.4) is 0 Å². The predicted octanol–water partition coefficient (Wildman–Crippen LogP) is -0.283. The van der Waals surface area contributed by atoms with Crippen molar-refractivity contribution in [3.8, 4) is 0 Å². The van der Waals surface area contributed by atoms with Gasteiger partial charge in [0.05, 0.1) is 9.78 Å². The SMILES string of the molecule is OB(O)c1cnc(C2CCOCC2)s1. The maximum atomic E-state index is 8.94. The third-order valence-electron chi connectivity index (χ3n) is 2.37. The van der Waals surface area contributed by atoms with E-state index in [2.05, 4.69) is 4.98 Å². The first kappa shape index (κ1) is 10.1. The van der Waals surface area contributed by atoms with E-state index in [1.807, 2.05) is 0 Å². The molecule has 2 rings (SSSR count). The molecule has 0 aliphatic carbocycles. The van der Waals surface area contributed by atoms with Crippen molar-refractivity contribution in [3.05, 3.63) is 11.2 Å². The third-order valence-corrected chi connectivity index (χ3v) is 3.57. The van der Waals surface area contributed by atoms with Gasteiger partial charge in [-0.15, -0.1) is 11.3 Å². The second kappa shape index (κ2) is 4.40. The van der Waals surface area contributed by atoms with Crippen LogP contribution < -0.4 is 4.78 Å². The highest BCUT2D eigenvalue weighted by Crippen LogP contribution is 2.27. The van der Waals surface area contributed by atoms with Crippen LogP contribution in [-0.2, 0) is 4.74 Å². The van der Waals surface area contributed by atoms with E-state index in [0.29, 0.717) is 10.7 Å². The molecule has 1 aliphatic rings. The van der Waals surface area contributed by atoms with Gasteiger partial charge in [-0.25, -0.2) is 4.98 Å². The molecule has 1 aromatic heterocycles. The summed E-state index contributed by atoms with van der Waals surface area (Å²) in [6.07, 6.45) is 3.50. The number of aromatic nitrogens is 1. The maximum absolute atomic E-state index is 8.94. The van der Waals surface area contributed by atoms with E-state index in [1.54, 1.807) is 6.20 Å². The molecule has 1 aromatic rings. The van der Waals surface area contributed by atoms with Crippen LogP contribution in [0.1, 0.15) is 23.8 Å². The molecule has 0 amide bonds. The lowest BCUT2D eigenvalue weighted by molar-refractivity contribution is 0.0853. The number of thiazole rings is 1. The Morgan fingerprint density at radius 1 is 1.43 bits per heavy atom. The van der Waals surface area contributed by atoms with Crippen molar-refractivity contribution in [1.29, 1.82) is 0 Å². The summed E-state index contributed by atoms with van der Waals surface area (Å²) in [5, 5.41) is 18.9. The first-order valence-corrected chi connectivity index (χ1v) is 5.48. The van der Waals surface area contributed by atoms with Gasteiger partial charge in [0.2, 0.25) is 0 Å². The van der Waals surface area contributed by atoms with Crippen molar-refractivity contribution in [2.75, 3.05) is 13.2 Å². The molecule has 0 radical (unpaired) electrons. The average Bonchev–Trinajstić information content (AvgIpc) is 2.68. The van der Waals surface area contributed by atoms with Crippen LogP contribution in [-0.4, -0.2) is 35.4 Å². The Morgan fingerprint density at radius 2 is 2.14 bits per heavy atom. The van der Waals surface area contributed by atoms with E-state index in [-0.39, 0.29) is 0 Å². The van der Waals surface area contributed by atoms with Crippen LogP contribution >= 0.6 is 11.3 Å². The number of ether oxygens (including phenoxy) is 1. The Labute approximate surface area is 86.7 Å². The quantitative estimate of drug-likeness (QED) is 0.663. The van der Waals surface area contributed by atoms with Gasteiger partial charge in [-0.05, 0) is 12.8 Å². The summed E-state index contributed by atoms with van der Waals surface area (Å²) in [6, 6.07) is 0. The molecule has 0 bridgehead atoms. The number of nitrogens with zero attached hydrogens (tertiary/aromatic N) is 1. The summed E-state index contributed by atoms with van der Waals surface area (Å²) in [5.41, 5.74) is 0. The van der Waals surface area contributed by atoms with Crippen LogP contribution in [0.15, 0.2) is 6.20 Å². The molecule has 76 valence electrons. The number of rotatable bonds is 2. The molecule has 0 unspecified atom stereocenters. The van der Waals surface area contributed by atoms with E-state index >= 15 is 0 Å². The summed E-state index contributed by atoms with van der Waals surface area (Å²) < 4.78 is 5.77. The largest absolute Gasteiger partial charge is 0.500 e. The molecule has 2 N–H and O–H groups in total. The van der Waals surface area contributed by atoms with Gasteiger partial charge in [-0.2, -0.15) is 0 Å². The first-order valence-electron chi connectivity index (χ1n) is 4.67. The summed E-state index contributed by atoms with van der Waals surface area (Å²) in [6.45, 7) is 1.56. The molecule has 0 spiro atoms. The minimum Gasteiger partial charge on any atom is -0.423 e. The van der Waals surface area contributed by atoms with Gasteiger partial charge < -0.3 is 14.8 Å². The lowest BCUT2D eigenvalue weighted by Gasteiger charge is -2.19. The van der Waals surface area contributed by atoms with Crippen molar-refractivity contribution in [1.82, 2.24) is 4.98 Å². The highest BCUT2D eigenvalue weighted by molar-refractivity contribution is 7.21. The van der Waals surface area contributed by atoms with Crippen molar-refractivity contribution in [2.24, 2.45) is 0 Å². The summed E-state index contributed by atoms with van der Waals surface area (Å²) >= 11 is 1.38. The highest BCUT2D eigenvalue weighted by atomic mass is 32.1. The van der Waals surface area contributed by atoms with Crippen LogP contribution in [0.4, 0.5) is 0 Å². The monoisotopic (exact) mass is 213 g/mol. The van der Waals surface area contributed by atoms with Gasteiger partial charge >= 0.3 is 7.12 Å². The van der Waals surface area contributed by atoms with Crippen molar-refractivity contribution >= 4 is 23.2 Å². The Hall–Kier alpha value is -0.425. The fourth-order valence-corrected chi connectivity index (χ4v) is 2.51. The summed E-state index contributed by atoms with van der Waals surface area (Å²) in [5.74, 6) is 0.432. The Balaban J connectivity index is 2.07. The predicted molar refractivity (Wildman–Crippen MR) is 54.7 cm³/mol. The van der Waals surface area contributed by atoms with E-state index in [4.69, 9.17) is 14.8 Å².